The SMILES string of the molecule is CC(C)Cc1cccc(CC(C)C)c1NCCN. The lowest BCUT2D eigenvalue weighted by molar-refractivity contribution is 0.637. The molecule has 0 bridgehead atoms. The summed E-state index contributed by atoms with van der Waals surface area (Å²) in [5, 5.41) is 3.52. The number of rotatable bonds is 7. The van der Waals surface area contributed by atoms with Crippen molar-refractivity contribution in [3.63, 3.8) is 0 Å². The first-order valence-corrected chi connectivity index (χ1v) is 7.09. The molecule has 0 spiro atoms. The van der Waals surface area contributed by atoms with Crippen molar-refractivity contribution >= 4 is 5.69 Å². The second-order valence-electron chi connectivity index (χ2n) is 5.86. The standard InChI is InChI=1S/C16H28N2/c1-12(2)10-14-6-5-7-15(11-13(3)4)16(14)18-9-8-17/h5-7,12-13,18H,8-11,17H2,1-4H3. The summed E-state index contributed by atoms with van der Waals surface area (Å²) in [6.07, 6.45) is 2.25. The third-order valence-electron chi connectivity index (χ3n) is 2.94. The molecule has 18 heavy (non-hydrogen) atoms. The molecule has 0 amide bonds. The molecule has 0 aliphatic heterocycles. The lowest BCUT2D eigenvalue weighted by atomic mass is 9.94. The first-order valence-electron chi connectivity index (χ1n) is 7.09. The van der Waals surface area contributed by atoms with Gasteiger partial charge in [-0.15, -0.1) is 0 Å². The average molecular weight is 248 g/mol. The van der Waals surface area contributed by atoms with E-state index in [0.717, 1.165) is 19.4 Å². The molecule has 0 aliphatic rings. The van der Waals surface area contributed by atoms with Gasteiger partial charge in [0.05, 0.1) is 0 Å². The van der Waals surface area contributed by atoms with Gasteiger partial charge in [-0.2, -0.15) is 0 Å². The van der Waals surface area contributed by atoms with Crippen molar-refractivity contribution in [2.45, 2.75) is 40.5 Å². The third kappa shape index (κ3) is 4.69. The van der Waals surface area contributed by atoms with E-state index >= 15 is 0 Å². The van der Waals surface area contributed by atoms with Crippen molar-refractivity contribution in [2.24, 2.45) is 17.6 Å². The number of para-hydroxylation sites is 1. The van der Waals surface area contributed by atoms with Gasteiger partial charge in [-0.25, -0.2) is 0 Å². The van der Waals surface area contributed by atoms with Crippen LogP contribution in [-0.4, -0.2) is 13.1 Å². The van der Waals surface area contributed by atoms with Crippen LogP contribution in [-0.2, 0) is 12.8 Å². The molecule has 3 N–H and O–H groups in total. The predicted molar refractivity (Wildman–Crippen MR) is 81.1 cm³/mol. The molecule has 2 nitrogen and oxygen atoms in total. The number of benzene rings is 1. The zero-order chi connectivity index (χ0) is 13.5. The summed E-state index contributed by atoms with van der Waals surface area (Å²) in [6, 6.07) is 6.66. The molecule has 1 rings (SSSR count). The monoisotopic (exact) mass is 248 g/mol. The fourth-order valence-electron chi connectivity index (χ4n) is 2.30. The Kier molecular flexibility index (Phi) is 6.20. The number of hydrogen-bond donors (Lipinski definition) is 2. The average Bonchev–Trinajstić information content (AvgIpc) is 2.26. The summed E-state index contributed by atoms with van der Waals surface area (Å²) in [6.45, 7) is 10.6. The van der Waals surface area contributed by atoms with E-state index in [1.54, 1.807) is 0 Å². The Bertz CT molecular complexity index is 328. The van der Waals surface area contributed by atoms with E-state index in [4.69, 9.17) is 5.73 Å². The van der Waals surface area contributed by atoms with Crippen LogP contribution in [0.3, 0.4) is 0 Å². The molecule has 1 aromatic rings. The van der Waals surface area contributed by atoms with Gasteiger partial charge < -0.3 is 11.1 Å². The van der Waals surface area contributed by atoms with Crippen LogP contribution >= 0.6 is 0 Å². The van der Waals surface area contributed by atoms with Crippen molar-refractivity contribution in [2.75, 3.05) is 18.4 Å². The van der Waals surface area contributed by atoms with Gasteiger partial charge in [0.25, 0.3) is 0 Å². The predicted octanol–water partition coefficient (Wildman–Crippen LogP) is 3.45. The number of anilines is 1. The normalized spacial score (nSPS) is 11.3. The van der Waals surface area contributed by atoms with Crippen LogP contribution in [0.5, 0.6) is 0 Å². The Morgan fingerprint density at radius 1 is 1.00 bits per heavy atom. The lowest BCUT2D eigenvalue weighted by Gasteiger charge is -2.18. The van der Waals surface area contributed by atoms with E-state index in [2.05, 4.69) is 51.2 Å². The number of nitrogens with one attached hydrogen (secondary N) is 1. The van der Waals surface area contributed by atoms with Gasteiger partial charge in [0.15, 0.2) is 0 Å². The van der Waals surface area contributed by atoms with Gasteiger partial charge >= 0.3 is 0 Å². The minimum Gasteiger partial charge on any atom is -0.383 e. The lowest BCUT2D eigenvalue weighted by Crippen LogP contribution is -2.16. The van der Waals surface area contributed by atoms with E-state index in [0.29, 0.717) is 18.4 Å². The summed E-state index contributed by atoms with van der Waals surface area (Å²) >= 11 is 0. The highest BCUT2D eigenvalue weighted by molar-refractivity contribution is 5.58. The molecule has 0 aromatic heterocycles. The molecule has 0 radical (unpaired) electrons. The molecule has 0 fully saturated rings. The second-order valence-corrected chi connectivity index (χ2v) is 5.86. The summed E-state index contributed by atoms with van der Waals surface area (Å²) in [5.74, 6) is 1.36. The van der Waals surface area contributed by atoms with Crippen LogP contribution in [0.4, 0.5) is 5.69 Å². The number of hydrogen-bond acceptors (Lipinski definition) is 2. The smallest absolute Gasteiger partial charge is 0.0405 e. The summed E-state index contributed by atoms with van der Waals surface area (Å²) in [5.41, 5.74) is 9.80. The maximum absolute atomic E-state index is 5.62. The zero-order valence-corrected chi connectivity index (χ0v) is 12.3. The largest absolute Gasteiger partial charge is 0.383 e. The Hall–Kier alpha value is -1.02. The van der Waals surface area contributed by atoms with Gasteiger partial charge in [0, 0.05) is 18.8 Å². The number of nitrogens with two attached hydrogens (primary N) is 1. The Balaban J connectivity index is 3.00. The quantitative estimate of drug-likeness (QED) is 0.775. The fraction of sp³-hybridized carbons (Fsp3) is 0.625. The first kappa shape index (κ1) is 15.0. The molecule has 1 aromatic carbocycles. The molecule has 0 atom stereocenters. The van der Waals surface area contributed by atoms with Gasteiger partial charge in [0.2, 0.25) is 0 Å². The minimum atomic E-state index is 0.678. The van der Waals surface area contributed by atoms with Crippen molar-refractivity contribution in [3.05, 3.63) is 29.3 Å². The maximum atomic E-state index is 5.62. The van der Waals surface area contributed by atoms with E-state index in [1.807, 2.05) is 0 Å². The van der Waals surface area contributed by atoms with E-state index < -0.39 is 0 Å². The van der Waals surface area contributed by atoms with Crippen molar-refractivity contribution < 1.29 is 0 Å². The summed E-state index contributed by atoms with van der Waals surface area (Å²) in [7, 11) is 0. The van der Waals surface area contributed by atoms with Crippen LogP contribution in [0, 0.1) is 11.8 Å². The third-order valence-corrected chi connectivity index (χ3v) is 2.94. The van der Waals surface area contributed by atoms with Gasteiger partial charge in [-0.1, -0.05) is 45.9 Å². The van der Waals surface area contributed by atoms with Crippen LogP contribution < -0.4 is 11.1 Å². The molecule has 2 heteroatoms. The topological polar surface area (TPSA) is 38.0 Å². The fourth-order valence-corrected chi connectivity index (χ4v) is 2.30. The van der Waals surface area contributed by atoms with Gasteiger partial charge in [-0.3, -0.25) is 0 Å². The highest BCUT2D eigenvalue weighted by atomic mass is 14.9. The Labute approximate surface area is 112 Å². The van der Waals surface area contributed by atoms with Crippen molar-refractivity contribution in [1.29, 1.82) is 0 Å². The second kappa shape index (κ2) is 7.42. The van der Waals surface area contributed by atoms with E-state index in [1.165, 1.54) is 16.8 Å². The maximum Gasteiger partial charge on any atom is 0.0405 e. The summed E-state index contributed by atoms with van der Waals surface area (Å²) in [4.78, 5) is 0. The van der Waals surface area contributed by atoms with Crippen LogP contribution in [0.15, 0.2) is 18.2 Å². The Morgan fingerprint density at radius 3 is 1.89 bits per heavy atom. The summed E-state index contributed by atoms with van der Waals surface area (Å²) < 4.78 is 0. The Morgan fingerprint density at radius 2 is 1.50 bits per heavy atom. The molecule has 102 valence electrons. The molecule has 0 aliphatic carbocycles. The van der Waals surface area contributed by atoms with Gasteiger partial charge in [0.1, 0.15) is 0 Å². The first-order chi connectivity index (χ1) is 8.54. The molecular weight excluding hydrogens is 220 g/mol. The molecule has 0 heterocycles. The van der Waals surface area contributed by atoms with Crippen LogP contribution in [0.1, 0.15) is 38.8 Å². The van der Waals surface area contributed by atoms with Gasteiger partial charge in [-0.05, 0) is 35.8 Å². The van der Waals surface area contributed by atoms with Crippen LogP contribution in [0.25, 0.3) is 0 Å². The highest BCUT2D eigenvalue weighted by Crippen LogP contribution is 2.26. The van der Waals surface area contributed by atoms with E-state index in [-0.39, 0.29) is 0 Å². The van der Waals surface area contributed by atoms with Crippen molar-refractivity contribution in [1.82, 2.24) is 0 Å². The zero-order valence-electron chi connectivity index (χ0n) is 12.3. The minimum absolute atomic E-state index is 0.678. The molecule has 0 saturated carbocycles. The van der Waals surface area contributed by atoms with Crippen LogP contribution in [0.2, 0.25) is 0 Å². The van der Waals surface area contributed by atoms with Crippen molar-refractivity contribution in [3.8, 4) is 0 Å². The molecular formula is C16H28N2. The van der Waals surface area contributed by atoms with E-state index in [9.17, 15) is 0 Å². The molecule has 0 saturated heterocycles. The highest BCUT2D eigenvalue weighted by Gasteiger charge is 2.10. The molecule has 0 unspecified atom stereocenters.